The van der Waals surface area contributed by atoms with Crippen LogP contribution in [0.25, 0.3) is 0 Å². The number of rotatable bonds is 5. The van der Waals surface area contributed by atoms with E-state index in [1.165, 1.54) is 11.1 Å². The molecule has 0 atom stereocenters. The standard InChI is InChI=1S/C19H22O2/c1-5-15-9-10-19(18(11-15)13(2)3)21-17-8-6-7-16(12-17)14(4)20/h6-13H,5H2,1-4H3. The van der Waals surface area contributed by atoms with Crippen LogP contribution >= 0.6 is 0 Å². The minimum Gasteiger partial charge on any atom is -0.457 e. The number of carbonyl (C=O) groups excluding carboxylic acids is 1. The smallest absolute Gasteiger partial charge is 0.159 e. The number of hydrogen-bond donors (Lipinski definition) is 0. The van der Waals surface area contributed by atoms with Crippen LogP contribution in [0.3, 0.4) is 0 Å². The molecular formula is C19H22O2. The van der Waals surface area contributed by atoms with Gasteiger partial charge < -0.3 is 4.74 Å². The summed E-state index contributed by atoms with van der Waals surface area (Å²) in [6.07, 6.45) is 1.01. The second-order valence-electron chi connectivity index (χ2n) is 5.57. The van der Waals surface area contributed by atoms with Crippen LogP contribution < -0.4 is 4.74 Å². The number of aryl methyl sites for hydroxylation is 1. The lowest BCUT2D eigenvalue weighted by Crippen LogP contribution is -1.97. The van der Waals surface area contributed by atoms with E-state index in [1.807, 2.05) is 18.2 Å². The molecule has 0 N–H and O–H groups in total. The van der Waals surface area contributed by atoms with Gasteiger partial charge in [-0.15, -0.1) is 0 Å². The highest BCUT2D eigenvalue weighted by Gasteiger charge is 2.10. The summed E-state index contributed by atoms with van der Waals surface area (Å²) in [6, 6.07) is 13.6. The zero-order valence-electron chi connectivity index (χ0n) is 13.1. The van der Waals surface area contributed by atoms with Gasteiger partial charge in [-0.3, -0.25) is 4.79 Å². The van der Waals surface area contributed by atoms with Crippen LogP contribution in [-0.4, -0.2) is 5.78 Å². The summed E-state index contributed by atoms with van der Waals surface area (Å²) in [5.41, 5.74) is 3.18. The lowest BCUT2D eigenvalue weighted by atomic mass is 9.98. The first-order chi connectivity index (χ1) is 10.0. The monoisotopic (exact) mass is 282 g/mol. The quantitative estimate of drug-likeness (QED) is 0.689. The lowest BCUT2D eigenvalue weighted by Gasteiger charge is -2.15. The summed E-state index contributed by atoms with van der Waals surface area (Å²) in [5.74, 6) is 2.00. The molecule has 0 heterocycles. The molecule has 21 heavy (non-hydrogen) atoms. The topological polar surface area (TPSA) is 26.3 Å². The molecule has 0 fully saturated rings. The van der Waals surface area contributed by atoms with E-state index >= 15 is 0 Å². The van der Waals surface area contributed by atoms with Crippen LogP contribution in [0.2, 0.25) is 0 Å². The Morgan fingerprint density at radius 1 is 1.14 bits per heavy atom. The predicted octanol–water partition coefficient (Wildman–Crippen LogP) is 5.37. The molecular weight excluding hydrogens is 260 g/mol. The zero-order valence-corrected chi connectivity index (χ0v) is 13.1. The predicted molar refractivity (Wildman–Crippen MR) is 86.4 cm³/mol. The van der Waals surface area contributed by atoms with Crippen LogP contribution in [0.4, 0.5) is 0 Å². The first-order valence-corrected chi connectivity index (χ1v) is 7.43. The fourth-order valence-corrected chi connectivity index (χ4v) is 2.27. The van der Waals surface area contributed by atoms with E-state index in [0.717, 1.165) is 12.2 Å². The van der Waals surface area contributed by atoms with Crippen molar-refractivity contribution in [1.82, 2.24) is 0 Å². The van der Waals surface area contributed by atoms with Gasteiger partial charge in [-0.1, -0.05) is 45.0 Å². The number of Topliss-reactive ketones (excluding diaryl/α,β-unsaturated/α-hetero) is 1. The SMILES string of the molecule is CCc1ccc(Oc2cccc(C(C)=O)c2)c(C(C)C)c1. The van der Waals surface area contributed by atoms with E-state index in [2.05, 4.69) is 32.9 Å². The molecule has 0 aliphatic carbocycles. The van der Waals surface area contributed by atoms with E-state index in [9.17, 15) is 4.79 Å². The van der Waals surface area contributed by atoms with Crippen molar-refractivity contribution in [3.63, 3.8) is 0 Å². The molecule has 0 spiro atoms. The van der Waals surface area contributed by atoms with Gasteiger partial charge in [0.1, 0.15) is 11.5 Å². The van der Waals surface area contributed by atoms with Gasteiger partial charge >= 0.3 is 0 Å². The Kier molecular flexibility index (Phi) is 4.79. The molecule has 0 aliphatic heterocycles. The van der Waals surface area contributed by atoms with Crippen LogP contribution in [0.1, 0.15) is 55.1 Å². The first kappa shape index (κ1) is 15.3. The van der Waals surface area contributed by atoms with Crippen LogP contribution in [-0.2, 0) is 6.42 Å². The van der Waals surface area contributed by atoms with Crippen molar-refractivity contribution >= 4 is 5.78 Å². The lowest BCUT2D eigenvalue weighted by molar-refractivity contribution is 0.101. The van der Waals surface area contributed by atoms with Gasteiger partial charge in [0.2, 0.25) is 0 Å². The molecule has 110 valence electrons. The van der Waals surface area contributed by atoms with E-state index in [1.54, 1.807) is 19.1 Å². The largest absolute Gasteiger partial charge is 0.457 e. The Balaban J connectivity index is 2.35. The normalized spacial score (nSPS) is 10.7. The minimum absolute atomic E-state index is 0.0471. The molecule has 2 aromatic rings. The van der Waals surface area contributed by atoms with Crippen molar-refractivity contribution in [2.75, 3.05) is 0 Å². The molecule has 0 unspecified atom stereocenters. The summed E-state index contributed by atoms with van der Waals surface area (Å²) in [7, 11) is 0. The Morgan fingerprint density at radius 3 is 2.52 bits per heavy atom. The van der Waals surface area contributed by atoms with Crippen molar-refractivity contribution < 1.29 is 9.53 Å². The molecule has 0 amide bonds. The molecule has 0 aromatic heterocycles. The van der Waals surface area contributed by atoms with E-state index in [4.69, 9.17) is 4.74 Å². The Morgan fingerprint density at radius 2 is 1.90 bits per heavy atom. The van der Waals surface area contributed by atoms with Crippen LogP contribution in [0.15, 0.2) is 42.5 Å². The van der Waals surface area contributed by atoms with Gasteiger partial charge in [-0.05, 0) is 48.6 Å². The van der Waals surface area contributed by atoms with Gasteiger partial charge in [0, 0.05) is 5.56 Å². The molecule has 0 saturated carbocycles. The zero-order chi connectivity index (χ0) is 15.4. The summed E-state index contributed by atoms with van der Waals surface area (Å²) in [6.45, 7) is 8.03. The fraction of sp³-hybridized carbons (Fsp3) is 0.316. The highest BCUT2D eigenvalue weighted by Crippen LogP contribution is 2.32. The molecule has 0 radical (unpaired) electrons. The van der Waals surface area contributed by atoms with E-state index in [-0.39, 0.29) is 5.78 Å². The van der Waals surface area contributed by atoms with Crippen molar-refractivity contribution in [2.45, 2.75) is 40.0 Å². The number of carbonyl (C=O) groups is 1. The Labute approximate surface area is 126 Å². The number of ketones is 1. The van der Waals surface area contributed by atoms with Crippen LogP contribution in [0.5, 0.6) is 11.5 Å². The third-order valence-electron chi connectivity index (χ3n) is 3.57. The van der Waals surface area contributed by atoms with Gasteiger partial charge in [0.25, 0.3) is 0 Å². The van der Waals surface area contributed by atoms with Gasteiger partial charge in [0.15, 0.2) is 5.78 Å². The van der Waals surface area contributed by atoms with E-state index in [0.29, 0.717) is 17.2 Å². The third kappa shape index (κ3) is 3.72. The first-order valence-electron chi connectivity index (χ1n) is 7.43. The van der Waals surface area contributed by atoms with E-state index < -0.39 is 0 Å². The summed E-state index contributed by atoms with van der Waals surface area (Å²) < 4.78 is 6.01. The molecule has 2 aromatic carbocycles. The number of hydrogen-bond acceptors (Lipinski definition) is 2. The molecule has 0 aliphatic rings. The average Bonchev–Trinajstić information content (AvgIpc) is 2.47. The Hall–Kier alpha value is -2.09. The number of ether oxygens (including phenoxy) is 1. The molecule has 2 heteroatoms. The van der Waals surface area contributed by atoms with Gasteiger partial charge in [0.05, 0.1) is 0 Å². The Bertz CT molecular complexity index is 642. The van der Waals surface area contributed by atoms with Crippen molar-refractivity contribution in [1.29, 1.82) is 0 Å². The summed E-state index contributed by atoms with van der Waals surface area (Å²) in [4.78, 5) is 11.5. The second-order valence-corrected chi connectivity index (χ2v) is 5.57. The number of benzene rings is 2. The fourth-order valence-electron chi connectivity index (χ4n) is 2.27. The summed E-state index contributed by atoms with van der Waals surface area (Å²) >= 11 is 0. The van der Waals surface area contributed by atoms with Crippen molar-refractivity contribution in [2.24, 2.45) is 0 Å². The minimum atomic E-state index is 0.0471. The highest BCUT2D eigenvalue weighted by molar-refractivity contribution is 5.94. The van der Waals surface area contributed by atoms with Crippen molar-refractivity contribution in [3.8, 4) is 11.5 Å². The third-order valence-corrected chi connectivity index (χ3v) is 3.57. The highest BCUT2D eigenvalue weighted by atomic mass is 16.5. The van der Waals surface area contributed by atoms with Gasteiger partial charge in [-0.2, -0.15) is 0 Å². The molecule has 0 bridgehead atoms. The maximum Gasteiger partial charge on any atom is 0.159 e. The molecule has 2 rings (SSSR count). The van der Waals surface area contributed by atoms with Gasteiger partial charge in [-0.25, -0.2) is 0 Å². The average molecular weight is 282 g/mol. The van der Waals surface area contributed by atoms with Crippen molar-refractivity contribution in [3.05, 3.63) is 59.2 Å². The molecule has 0 saturated heterocycles. The van der Waals surface area contributed by atoms with Crippen LogP contribution in [0, 0.1) is 0 Å². The summed E-state index contributed by atoms with van der Waals surface area (Å²) in [5, 5.41) is 0. The second kappa shape index (κ2) is 6.57. The molecule has 2 nitrogen and oxygen atoms in total. The maximum absolute atomic E-state index is 11.5. The maximum atomic E-state index is 11.5.